The molecule has 18 heavy (non-hydrogen) atoms. The maximum absolute atomic E-state index is 12.3. The zero-order valence-corrected chi connectivity index (χ0v) is 9.84. The third kappa shape index (κ3) is 1.93. The van der Waals surface area contributed by atoms with Crippen LogP contribution in [0, 0.1) is 0 Å². The molecule has 1 aromatic heterocycles. The fourth-order valence-corrected chi connectivity index (χ4v) is 2.12. The minimum atomic E-state index is 0.0145. The predicted octanol–water partition coefficient (Wildman–Crippen LogP) is 2.11. The van der Waals surface area contributed by atoms with Crippen molar-refractivity contribution in [2.24, 2.45) is 0 Å². The first kappa shape index (κ1) is 10.8. The standard InChI is InChI=1S/C14H13N3O/c18-14-13-6-2-1-4-11(13)7-9-17(14)16-12-5-3-8-15-10-12/h1-6,8,10,16H,7,9H2. The van der Waals surface area contributed by atoms with Gasteiger partial charge in [0.05, 0.1) is 11.9 Å². The minimum absolute atomic E-state index is 0.0145. The second-order valence-corrected chi connectivity index (χ2v) is 4.22. The molecule has 2 heterocycles. The second kappa shape index (κ2) is 4.49. The van der Waals surface area contributed by atoms with Gasteiger partial charge in [-0.05, 0) is 30.2 Å². The first-order valence-corrected chi connectivity index (χ1v) is 5.91. The Hall–Kier alpha value is -2.36. The topological polar surface area (TPSA) is 45.2 Å². The van der Waals surface area contributed by atoms with Gasteiger partial charge in [-0.3, -0.25) is 20.2 Å². The van der Waals surface area contributed by atoms with Gasteiger partial charge in [0.25, 0.3) is 5.91 Å². The van der Waals surface area contributed by atoms with E-state index >= 15 is 0 Å². The Morgan fingerprint density at radius 1 is 1.17 bits per heavy atom. The SMILES string of the molecule is O=C1c2ccccc2CCN1Nc1cccnc1. The molecule has 4 nitrogen and oxygen atoms in total. The van der Waals surface area contributed by atoms with Crippen molar-refractivity contribution in [3.8, 4) is 0 Å². The van der Waals surface area contributed by atoms with Gasteiger partial charge < -0.3 is 0 Å². The Kier molecular flexibility index (Phi) is 2.68. The molecule has 0 saturated heterocycles. The fraction of sp³-hybridized carbons (Fsp3) is 0.143. The molecule has 0 spiro atoms. The molecule has 0 radical (unpaired) electrons. The zero-order chi connectivity index (χ0) is 12.4. The maximum Gasteiger partial charge on any atom is 0.272 e. The van der Waals surface area contributed by atoms with Gasteiger partial charge in [-0.1, -0.05) is 18.2 Å². The van der Waals surface area contributed by atoms with Gasteiger partial charge in [0.15, 0.2) is 0 Å². The number of pyridine rings is 1. The number of carbonyl (C=O) groups is 1. The number of carbonyl (C=O) groups excluding carboxylic acids is 1. The molecular weight excluding hydrogens is 226 g/mol. The number of amides is 1. The Labute approximate surface area is 105 Å². The van der Waals surface area contributed by atoms with Crippen LogP contribution < -0.4 is 5.43 Å². The molecule has 0 fully saturated rings. The van der Waals surface area contributed by atoms with Gasteiger partial charge >= 0.3 is 0 Å². The highest BCUT2D eigenvalue weighted by Gasteiger charge is 2.23. The Balaban J connectivity index is 1.83. The Morgan fingerprint density at radius 3 is 2.89 bits per heavy atom. The van der Waals surface area contributed by atoms with Crippen LogP contribution in [0.15, 0.2) is 48.8 Å². The highest BCUT2D eigenvalue weighted by molar-refractivity contribution is 5.97. The number of fused-ring (bicyclic) bond motifs is 1. The third-order valence-corrected chi connectivity index (χ3v) is 3.02. The van der Waals surface area contributed by atoms with E-state index in [0.29, 0.717) is 6.54 Å². The Morgan fingerprint density at radius 2 is 2.06 bits per heavy atom. The summed E-state index contributed by atoms with van der Waals surface area (Å²) in [6, 6.07) is 11.5. The van der Waals surface area contributed by atoms with E-state index in [9.17, 15) is 4.79 Å². The number of hydrogen-bond acceptors (Lipinski definition) is 3. The number of anilines is 1. The van der Waals surface area contributed by atoms with Gasteiger partial charge in [0, 0.05) is 18.3 Å². The fourth-order valence-electron chi connectivity index (χ4n) is 2.12. The molecule has 0 atom stereocenters. The van der Waals surface area contributed by atoms with Crippen molar-refractivity contribution in [3.05, 3.63) is 59.9 Å². The summed E-state index contributed by atoms with van der Waals surface area (Å²) < 4.78 is 0. The monoisotopic (exact) mass is 239 g/mol. The van der Waals surface area contributed by atoms with E-state index in [0.717, 1.165) is 23.2 Å². The summed E-state index contributed by atoms with van der Waals surface area (Å²) in [5.74, 6) is 0.0145. The van der Waals surface area contributed by atoms with E-state index < -0.39 is 0 Å². The smallest absolute Gasteiger partial charge is 0.272 e. The van der Waals surface area contributed by atoms with Crippen molar-refractivity contribution in [1.29, 1.82) is 0 Å². The van der Waals surface area contributed by atoms with Crippen molar-refractivity contribution >= 4 is 11.6 Å². The van der Waals surface area contributed by atoms with Crippen molar-refractivity contribution < 1.29 is 4.79 Å². The van der Waals surface area contributed by atoms with Crippen molar-refractivity contribution in [3.63, 3.8) is 0 Å². The average Bonchev–Trinajstić information content (AvgIpc) is 2.43. The van der Waals surface area contributed by atoms with Crippen LogP contribution in [-0.4, -0.2) is 22.4 Å². The molecule has 0 bridgehead atoms. The highest BCUT2D eigenvalue weighted by Crippen LogP contribution is 2.19. The quantitative estimate of drug-likeness (QED) is 0.873. The minimum Gasteiger partial charge on any atom is -0.294 e. The lowest BCUT2D eigenvalue weighted by molar-refractivity contribution is 0.0779. The molecule has 0 aliphatic carbocycles. The third-order valence-electron chi connectivity index (χ3n) is 3.02. The van der Waals surface area contributed by atoms with Crippen molar-refractivity contribution in [2.75, 3.05) is 12.0 Å². The van der Waals surface area contributed by atoms with E-state index in [1.165, 1.54) is 0 Å². The lowest BCUT2D eigenvalue weighted by Gasteiger charge is -2.29. The summed E-state index contributed by atoms with van der Waals surface area (Å²) in [6.07, 6.45) is 4.28. The van der Waals surface area contributed by atoms with Gasteiger partial charge in [-0.15, -0.1) is 0 Å². The molecule has 4 heteroatoms. The molecule has 0 saturated carbocycles. The van der Waals surface area contributed by atoms with Crippen LogP contribution in [0.5, 0.6) is 0 Å². The van der Waals surface area contributed by atoms with Crippen LogP contribution in [0.2, 0.25) is 0 Å². The number of hydrazine groups is 1. The molecule has 0 unspecified atom stereocenters. The van der Waals surface area contributed by atoms with Crippen LogP contribution in [0.4, 0.5) is 5.69 Å². The lowest BCUT2D eigenvalue weighted by atomic mass is 10.0. The van der Waals surface area contributed by atoms with E-state index in [-0.39, 0.29) is 5.91 Å². The number of benzene rings is 1. The molecule has 1 aliphatic heterocycles. The molecular formula is C14H13N3O. The number of rotatable bonds is 2. The second-order valence-electron chi connectivity index (χ2n) is 4.22. The summed E-state index contributed by atoms with van der Waals surface area (Å²) >= 11 is 0. The van der Waals surface area contributed by atoms with E-state index in [2.05, 4.69) is 10.4 Å². The van der Waals surface area contributed by atoms with Gasteiger partial charge in [0.2, 0.25) is 0 Å². The molecule has 1 amide bonds. The van der Waals surface area contributed by atoms with E-state index in [1.807, 2.05) is 36.4 Å². The first-order valence-electron chi connectivity index (χ1n) is 5.91. The number of hydrogen-bond donors (Lipinski definition) is 1. The highest BCUT2D eigenvalue weighted by atomic mass is 16.2. The molecule has 2 aromatic rings. The summed E-state index contributed by atoms with van der Waals surface area (Å²) in [6.45, 7) is 0.671. The molecule has 1 aromatic carbocycles. The molecule has 1 N–H and O–H groups in total. The predicted molar refractivity (Wildman–Crippen MR) is 69.0 cm³/mol. The number of aromatic nitrogens is 1. The van der Waals surface area contributed by atoms with Gasteiger partial charge in [-0.25, -0.2) is 0 Å². The first-order chi connectivity index (χ1) is 8.84. The summed E-state index contributed by atoms with van der Waals surface area (Å²) in [7, 11) is 0. The number of nitrogens with zero attached hydrogens (tertiary/aromatic N) is 2. The van der Waals surface area contributed by atoms with E-state index in [1.54, 1.807) is 17.4 Å². The Bertz CT molecular complexity index is 568. The van der Waals surface area contributed by atoms with Crippen LogP contribution in [0.3, 0.4) is 0 Å². The summed E-state index contributed by atoms with van der Waals surface area (Å²) in [4.78, 5) is 16.3. The summed E-state index contributed by atoms with van der Waals surface area (Å²) in [5, 5.41) is 1.64. The van der Waals surface area contributed by atoms with Crippen molar-refractivity contribution in [2.45, 2.75) is 6.42 Å². The largest absolute Gasteiger partial charge is 0.294 e. The molecule has 1 aliphatic rings. The van der Waals surface area contributed by atoms with Crippen LogP contribution in [-0.2, 0) is 6.42 Å². The average molecular weight is 239 g/mol. The van der Waals surface area contributed by atoms with E-state index in [4.69, 9.17) is 0 Å². The van der Waals surface area contributed by atoms with Crippen LogP contribution in [0.1, 0.15) is 15.9 Å². The lowest BCUT2D eigenvalue weighted by Crippen LogP contribution is -2.41. The van der Waals surface area contributed by atoms with Gasteiger partial charge in [-0.2, -0.15) is 0 Å². The van der Waals surface area contributed by atoms with Crippen LogP contribution in [0.25, 0.3) is 0 Å². The zero-order valence-electron chi connectivity index (χ0n) is 9.84. The normalized spacial score (nSPS) is 14.2. The van der Waals surface area contributed by atoms with Crippen LogP contribution >= 0.6 is 0 Å². The maximum atomic E-state index is 12.3. The molecule has 90 valence electrons. The number of nitrogens with one attached hydrogen (secondary N) is 1. The summed E-state index contributed by atoms with van der Waals surface area (Å²) in [5.41, 5.74) is 5.81. The molecule has 3 rings (SSSR count). The van der Waals surface area contributed by atoms with Crippen molar-refractivity contribution in [1.82, 2.24) is 9.99 Å². The van der Waals surface area contributed by atoms with Gasteiger partial charge in [0.1, 0.15) is 0 Å².